The van der Waals surface area contributed by atoms with E-state index in [2.05, 4.69) is 9.97 Å². The lowest BCUT2D eigenvalue weighted by atomic mass is 10.2. The van der Waals surface area contributed by atoms with Gasteiger partial charge in [0.2, 0.25) is 5.91 Å². The fourth-order valence-corrected chi connectivity index (χ4v) is 2.72. The molecule has 0 saturated carbocycles. The average molecular weight is 357 g/mol. The van der Waals surface area contributed by atoms with Crippen LogP contribution in [0.15, 0.2) is 30.3 Å². The van der Waals surface area contributed by atoms with Crippen LogP contribution in [0.1, 0.15) is 12.6 Å². The number of rotatable bonds is 5. The quantitative estimate of drug-likeness (QED) is 0.631. The summed E-state index contributed by atoms with van der Waals surface area (Å²) in [5.74, 6) is 0.659. The van der Waals surface area contributed by atoms with Crippen LogP contribution in [0.3, 0.4) is 0 Å². The number of nitro groups is 1. The Morgan fingerprint density at radius 1 is 1.38 bits per heavy atom. The third kappa shape index (κ3) is 3.77. The van der Waals surface area contributed by atoms with E-state index in [0.717, 1.165) is 5.69 Å². The monoisotopic (exact) mass is 357 g/mol. The van der Waals surface area contributed by atoms with Gasteiger partial charge >= 0.3 is 0 Å². The van der Waals surface area contributed by atoms with E-state index in [0.29, 0.717) is 43.3 Å². The molecule has 9 nitrogen and oxygen atoms in total. The van der Waals surface area contributed by atoms with Crippen molar-refractivity contribution < 1.29 is 14.5 Å². The Bertz CT molecular complexity index is 824. The number of morpholine rings is 1. The fourth-order valence-electron chi connectivity index (χ4n) is 2.72. The molecule has 9 heteroatoms. The number of benzene rings is 1. The van der Waals surface area contributed by atoms with Gasteiger partial charge in [0.25, 0.3) is 5.69 Å². The largest absolute Gasteiger partial charge is 0.367 e. The summed E-state index contributed by atoms with van der Waals surface area (Å²) in [7, 11) is 0. The molecule has 0 spiro atoms. The van der Waals surface area contributed by atoms with Gasteiger partial charge in [-0.15, -0.1) is 0 Å². The summed E-state index contributed by atoms with van der Waals surface area (Å²) in [6.07, 6.45) is 0.0330. The lowest BCUT2D eigenvalue weighted by molar-refractivity contribution is -0.384. The second kappa shape index (κ2) is 7.44. The Labute approximate surface area is 150 Å². The second-order valence-corrected chi connectivity index (χ2v) is 5.91. The van der Waals surface area contributed by atoms with Gasteiger partial charge in [-0.05, 0) is 18.6 Å². The number of aryl methyl sites for hydroxylation is 1. The smallest absolute Gasteiger partial charge is 0.269 e. The maximum Gasteiger partial charge on any atom is 0.269 e. The zero-order chi connectivity index (χ0) is 18.7. The van der Waals surface area contributed by atoms with Crippen LogP contribution in [0, 0.1) is 10.1 Å². The van der Waals surface area contributed by atoms with Crippen LogP contribution >= 0.6 is 0 Å². The van der Waals surface area contributed by atoms with Gasteiger partial charge in [-0.1, -0.05) is 6.92 Å². The highest BCUT2D eigenvalue weighted by Crippen LogP contribution is 2.24. The summed E-state index contributed by atoms with van der Waals surface area (Å²) in [5.41, 5.74) is 6.88. The maximum atomic E-state index is 11.4. The summed E-state index contributed by atoms with van der Waals surface area (Å²) in [6.45, 7) is 3.28. The van der Waals surface area contributed by atoms with Gasteiger partial charge in [0.15, 0.2) is 11.9 Å². The number of nitrogens with two attached hydrogens (primary N) is 1. The minimum Gasteiger partial charge on any atom is -0.367 e. The number of amides is 1. The van der Waals surface area contributed by atoms with Crippen molar-refractivity contribution in [2.75, 3.05) is 24.6 Å². The van der Waals surface area contributed by atoms with Crippen molar-refractivity contribution >= 4 is 17.4 Å². The predicted molar refractivity (Wildman–Crippen MR) is 94.6 cm³/mol. The van der Waals surface area contributed by atoms with Crippen LogP contribution in [0.25, 0.3) is 11.4 Å². The number of hydrogen-bond acceptors (Lipinski definition) is 7. The highest BCUT2D eigenvalue weighted by molar-refractivity contribution is 5.79. The number of anilines is 1. The fraction of sp³-hybridized carbons (Fsp3) is 0.353. The Morgan fingerprint density at radius 2 is 2.12 bits per heavy atom. The lowest BCUT2D eigenvalue weighted by Crippen LogP contribution is -2.48. The molecule has 1 saturated heterocycles. The molecule has 0 aliphatic carbocycles. The number of aromatic nitrogens is 2. The second-order valence-electron chi connectivity index (χ2n) is 5.91. The Morgan fingerprint density at radius 3 is 2.73 bits per heavy atom. The standard InChI is InChI=1S/C17H19N5O4/c1-2-12-9-15(21-7-8-26-14(10-21)16(18)23)20-17(19-12)11-3-5-13(6-4-11)22(24)25/h3-6,9,14H,2,7-8,10H2,1H3,(H2,18,23). The molecule has 1 aliphatic rings. The molecule has 1 aromatic heterocycles. The molecule has 2 heterocycles. The summed E-state index contributed by atoms with van der Waals surface area (Å²) in [6, 6.07) is 7.98. The molecule has 3 rings (SSSR count). The average Bonchev–Trinajstić information content (AvgIpc) is 2.67. The lowest BCUT2D eigenvalue weighted by Gasteiger charge is -2.32. The van der Waals surface area contributed by atoms with Crippen LogP contribution in [0.4, 0.5) is 11.5 Å². The molecule has 26 heavy (non-hydrogen) atoms. The van der Waals surface area contributed by atoms with Crippen molar-refractivity contribution in [3.63, 3.8) is 0 Å². The molecular formula is C17H19N5O4. The first-order valence-electron chi connectivity index (χ1n) is 8.26. The van der Waals surface area contributed by atoms with Crippen LogP contribution < -0.4 is 10.6 Å². The number of carbonyl (C=O) groups excluding carboxylic acids is 1. The summed E-state index contributed by atoms with van der Waals surface area (Å²) in [4.78, 5) is 32.8. The Balaban J connectivity index is 1.93. The van der Waals surface area contributed by atoms with Gasteiger partial charge < -0.3 is 15.4 Å². The third-order valence-electron chi connectivity index (χ3n) is 4.17. The first kappa shape index (κ1) is 17.7. The Hall–Kier alpha value is -3.07. The first-order valence-corrected chi connectivity index (χ1v) is 8.26. The third-order valence-corrected chi connectivity index (χ3v) is 4.17. The minimum absolute atomic E-state index is 0.0121. The molecule has 136 valence electrons. The van der Waals surface area contributed by atoms with E-state index < -0.39 is 16.9 Å². The van der Waals surface area contributed by atoms with Gasteiger partial charge in [-0.25, -0.2) is 9.97 Å². The molecular weight excluding hydrogens is 338 g/mol. The number of non-ortho nitro benzene ring substituents is 1. The molecule has 1 unspecified atom stereocenters. The van der Waals surface area contributed by atoms with Crippen molar-refractivity contribution in [3.8, 4) is 11.4 Å². The zero-order valence-corrected chi connectivity index (χ0v) is 14.3. The van der Waals surface area contributed by atoms with E-state index in [-0.39, 0.29) is 5.69 Å². The maximum absolute atomic E-state index is 11.4. The van der Waals surface area contributed by atoms with Crippen molar-refractivity contribution in [2.24, 2.45) is 5.73 Å². The van der Waals surface area contributed by atoms with Crippen molar-refractivity contribution in [3.05, 3.63) is 46.1 Å². The first-order chi connectivity index (χ1) is 12.5. The Kier molecular flexibility index (Phi) is 5.08. The SMILES string of the molecule is CCc1cc(N2CCOC(C(N)=O)C2)nc(-c2ccc([N+](=O)[O-])cc2)n1. The molecule has 1 amide bonds. The molecule has 1 aliphatic heterocycles. The van der Waals surface area contributed by atoms with E-state index in [1.54, 1.807) is 12.1 Å². The highest BCUT2D eigenvalue weighted by Gasteiger charge is 2.26. The molecule has 0 radical (unpaired) electrons. The molecule has 2 N–H and O–H groups in total. The van der Waals surface area contributed by atoms with Crippen molar-refractivity contribution in [1.82, 2.24) is 9.97 Å². The van der Waals surface area contributed by atoms with Gasteiger partial charge in [-0.2, -0.15) is 0 Å². The number of primary amides is 1. The number of carbonyl (C=O) groups is 1. The summed E-state index contributed by atoms with van der Waals surface area (Å²) in [5, 5.41) is 10.8. The van der Waals surface area contributed by atoms with Gasteiger partial charge in [0, 0.05) is 36.0 Å². The van der Waals surface area contributed by atoms with Gasteiger partial charge in [0.05, 0.1) is 18.1 Å². The molecule has 0 bridgehead atoms. The highest BCUT2D eigenvalue weighted by atomic mass is 16.6. The van der Waals surface area contributed by atoms with E-state index >= 15 is 0 Å². The minimum atomic E-state index is -0.674. The van der Waals surface area contributed by atoms with Crippen LogP contribution in [0.5, 0.6) is 0 Å². The summed E-state index contributed by atoms with van der Waals surface area (Å²) < 4.78 is 5.37. The van der Waals surface area contributed by atoms with Gasteiger partial charge in [-0.3, -0.25) is 14.9 Å². The predicted octanol–water partition coefficient (Wildman–Crippen LogP) is 1.30. The molecule has 2 aromatic rings. The van der Waals surface area contributed by atoms with Crippen LogP contribution in [-0.4, -0.2) is 46.6 Å². The van der Waals surface area contributed by atoms with E-state index in [4.69, 9.17) is 10.5 Å². The topological polar surface area (TPSA) is 124 Å². The van der Waals surface area contributed by atoms with Crippen LogP contribution in [0.2, 0.25) is 0 Å². The number of hydrogen-bond donors (Lipinski definition) is 1. The van der Waals surface area contributed by atoms with E-state index in [1.807, 2.05) is 17.9 Å². The van der Waals surface area contributed by atoms with E-state index in [9.17, 15) is 14.9 Å². The zero-order valence-electron chi connectivity index (χ0n) is 14.3. The molecule has 1 aromatic carbocycles. The number of ether oxygens (including phenoxy) is 1. The molecule has 1 fully saturated rings. The van der Waals surface area contributed by atoms with Gasteiger partial charge in [0.1, 0.15) is 5.82 Å². The van der Waals surface area contributed by atoms with Crippen molar-refractivity contribution in [2.45, 2.75) is 19.4 Å². The van der Waals surface area contributed by atoms with Crippen LogP contribution in [-0.2, 0) is 16.0 Å². The summed E-state index contributed by atoms with van der Waals surface area (Å²) >= 11 is 0. The normalized spacial score (nSPS) is 17.1. The number of nitro benzene ring substituents is 1. The van der Waals surface area contributed by atoms with E-state index in [1.165, 1.54) is 12.1 Å². The van der Waals surface area contributed by atoms with Crippen molar-refractivity contribution in [1.29, 1.82) is 0 Å². The molecule has 1 atom stereocenters. The number of nitrogens with zero attached hydrogens (tertiary/aromatic N) is 4.